The number of hydrogen-bond donors (Lipinski definition) is 2. The van der Waals surface area contributed by atoms with Crippen LogP contribution in [0.15, 0.2) is 0 Å². The normalized spacial score (nSPS) is 27.2. The number of rotatable bonds is 4. The molecule has 4 nitrogen and oxygen atoms in total. The van der Waals surface area contributed by atoms with Crippen LogP contribution in [-0.2, 0) is 0 Å². The smallest absolute Gasteiger partial charge is 0.0472 e. The van der Waals surface area contributed by atoms with Gasteiger partial charge >= 0.3 is 0 Å². The summed E-state index contributed by atoms with van der Waals surface area (Å²) in [5.41, 5.74) is 9.95. The molecule has 0 atom stereocenters. The fourth-order valence-corrected chi connectivity index (χ4v) is 3.00. The number of nitrogens with one attached hydrogen (secondary N) is 1. The lowest BCUT2D eigenvalue weighted by molar-refractivity contribution is 0.0414. The van der Waals surface area contributed by atoms with E-state index in [2.05, 4.69) is 22.3 Å². The van der Waals surface area contributed by atoms with E-state index < -0.39 is 0 Å². The molecule has 0 aromatic rings. The summed E-state index contributed by atoms with van der Waals surface area (Å²) in [7, 11) is 0. The molecule has 17 heavy (non-hydrogen) atoms. The van der Waals surface area contributed by atoms with Crippen molar-refractivity contribution in [2.24, 2.45) is 5.73 Å². The summed E-state index contributed by atoms with van der Waals surface area (Å²) in [4.78, 5) is 2.52. The highest BCUT2D eigenvalue weighted by atomic mass is 15.5. The van der Waals surface area contributed by atoms with Gasteiger partial charge in [-0.15, -0.1) is 0 Å². The molecule has 2 fully saturated rings. The molecule has 0 aliphatic carbocycles. The van der Waals surface area contributed by atoms with Gasteiger partial charge in [-0.1, -0.05) is 13.3 Å². The van der Waals surface area contributed by atoms with E-state index in [9.17, 15) is 0 Å². The van der Waals surface area contributed by atoms with Crippen LogP contribution in [0.2, 0.25) is 0 Å². The predicted octanol–water partition coefficient (Wildman–Crippen LogP) is 0.790. The fraction of sp³-hybridized carbons (Fsp3) is 1.00. The Bertz CT molecular complexity index is 217. The number of piperidine rings is 2. The van der Waals surface area contributed by atoms with E-state index in [-0.39, 0.29) is 5.54 Å². The maximum Gasteiger partial charge on any atom is 0.0472 e. The van der Waals surface area contributed by atoms with Gasteiger partial charge < -0.3 is 10.6 Å². The van der Waals surface area contributed by atoms with Gasteiger partial charge in [-0.25, -0.2) is 10.4 Å². The summed E-state index contributed by atoms with van der Waals surface area (Å²) in [5, 5.41) is 2.41. The monoisotopic (exact) mass is 240 g/mol. The molecule has 4 heteroatoms. The Labute approximate surface area is 105 Å². The zero-order valence-electron chi connectivity index (χ0n) is 11.2. The molecule has 0 spiro atoms. The van der Waals surface area contributed by atoms with Gasteiger partial charge in [-0.3, -0.25) is 0 Å². The van der Waals surface area contributed by atoms with Gasteiger partial charge in [0.25, 0.3) is 0 Å². The lowest BCUT2D eigenvalue weighted by Gasteiger charge is -2.45. The molecule has 2 heterocycles. The van der Waals surface area contributed by atoms with Crippen molar-refractivity contribution < 1.29 is 0 Å². The molecule has 3 N–H and O–H groups in total. The molecular weight excluding hydrogens is 212 g/mol. The Morgan fingerprint density at radius 1 is 1.06 bits per heavy atom. The lowest BCUT2D eigenvalue weighted by Crippen LogP contribution is -2.63. The van der Waals surface area contributed by atoms with Gasteiger partial charge in [-0.2, -0.15) is 0 Å². The first-order chi connectivity index (χ1) is 8.28. The Kier molecular flexibility index (Phi) is 4.79. The highest BCUT2D eigenvalue weighted by Crippen LogP contribution is 2.22. The van der Waals surface area contributed by atoms with Gasteiger partial charge in [0.2, 0.25) is 0 Å². The van der Waals surface area contributed by atoms with E-state index >= 15 is 0 Å². The highest BCUT2D eigenvalue weighted by molar-refractivity contribution is 4.93. The van der Waals surface area contributed by atoms with Crippen molar-refractivity contribution in [3.05, 3.63) is 0 Å². The van der Waals surface area contributed by atoms with Crippen molar-refractivity contribution in [3.8, 4) is 0 Å². The third kappa shape index (κ3) is 3.41. The average molecular weight is 240 g/mol. The van der Waals surface area contributed by atoms with Crippen LogP contribution in [0.1, 0.15) is 39.0 Å². The van der Waals surface area contributed by atoms with Crippen LogP contribution in [0.5, 0.6) is 0 Å². The van der Waals surface area contributed by atoms with Crippen molar-refractivity contribution in [2.75, 3.05) is 39.3 Å². The number of hydrazine groups is 1. The Balaban J connectivity index is 1.86. The SMILES string of the molecule is CCN1CCC(CN)(NN2CCCCC2)CC1. The molecular formula is C13H28N4. The minimum Gasteiger partial charge on any atom is -0.329 e. The summed E-state index contributed by atoms with van der Waals surface area (Å²) in [5.74, 6) is 0. The van der Waals surface area contributed by atoms with Gasteiger partial charge in [0, 0.05) is 25.2 Å². The zero-order chi connectivity index (χ0) is 12.1. The third-order valence-corrected chi connectivity index (χ3v) is 4.40. The van der Waals surface area contributed by atoms with E-state index in [1.165, 1.54) is 64.8 Å². The second kappa shape index (κ2) is 6.14. The molecule has 2 rings (SSSR count). The standard InChI is InChI=1S/C13H28N4/c1-2-16-10-6-13(12-14,7-11-16)15-17-8-4-3-5-9-17/h15H,2-12,14H2,1H3. The molecule has 0 aromatic heterocycles. The summed E-state index contributed by atoms with van der Waals surface area (Å²) in [6.07, 6.45) is 6.42. The minimum absolute atomic E-state index is 0.170. The fourth-order valence-electron chi connectivity index (χ4n) is 3.00. The van der Waals surface area contributed by atoms with Gasteiger partial charge in [-0.05, 0) is 45.3 Å². The molecule has 0 unspecified atom stereocenters. The first-order valence-corrected chi connectivity index (χ1v) is 7.23. The molecule has 0 saturated carbocycles. The largest absolute Gasteiger partial charge is 0.329 e. The van der Waals surface area contributed by atoms with Crippen molar-refractivity contribution in [2.45, 2.75) is 44.6 Å². The predicted molar refractivity (Wildman–Crippen MR) is 71.7 cm³/mol. The van der Waals surface area contributed by atoms with Crippen LogP contribution < -0.4 is 11.2 Å². The maximum absolute atomic E-state index is 6.03. The highest BCUT2D eigenvalue weighted by Gasteiger charge is 2.34. The van der Waals surface area contributed by atoms with Crippen LogP contribution in [0.25, 0.3) is 0 Å². The number of nitrogens with two attached hydrogens (primary N) is 1. The van der Waals surface area contributed by atoms with Gasteiger partial charge in [0.15, 0.2) is 0 Å². The van der Waals surface area contributed by atoms with E-state index in [0.717, 1.165) is 6.54 Å². The van der Waals surface area contributed by atoms with Crippen LogP contribution in [0.3, 0.4) is 0 Å². The molecule has 0 amide bonds. The third-order valence-electron chi connectivity index (χ3n) is 4.40. The van der Waals surface area contributed by atoms with E-state index in [0.29, 0.717) is 0 Å². The van der Waals surface area contributed by atoms with Crippen LogP contribution in [-0.4, -0.2) is 54.7 Å². The number of nitrogens with zero attached hydrogens (tertiary/aromatic N) is 2. The average Bonchev–Trinajstić information content (AvgIpc) is 2.41. The van der Waals surface area contributed by atoms with Crippen molar-refractivity contribution in [1.82, 2.24) is 15.3 Å². The van der Waals surface area contributed by atoms with Crippen molar-refractivity contribution in [1.29, 1.82) is 0 Å². The first kappa shape index (κ1) is 13.3. The van der Waals surface area contributed by atoms with Crippen molar-refractivity contribution >= 4 is 0 Å². The second-order valence-electron chi connectivity index (χ2n) is 5.58. The number of hydrogen-bond acceptors (Lipinski definition) is 4. The van der Waals surface area contributed by atoms with Crippen LogP contribution in [0, 0.1) is 0 Å². The van der Waals surface area contributed by atoms with E-state index in [4.69, 9.17) is 5.73 Å². The quantitative estimate of drug-likeness (QED) is 0.762. The maximum atomic E-state index is 6.03. The van der Waals surface area contributed by atoms with Gasteiger partial charge in [0.05, 0.1) is 0 Å². The summed E-state index contributed by atoms with van der Waals surface area (Å²) < 4.78 is 0. The Hall–Kier alpha value is -0.160. The van der Waals surface area contributed by atoms with Gasteiger partial charge in [0.1, 0.15) is 0 Å². The Morgan fingerprint density at radius 2 is 1.71 bits per heavy atom. The second-order valence-corrected chi connectivity index (χ2v) is 5.58. The molecule has 0 radical (unpaired) electrons. The molecule has 2 aliphatic rings. The van der Waals surface area contributed by atoms with E-state index in [1.807, 2.05) is 0 Å². The Morgan fingerprint density at radius 3 is 2.24 bits per heavy atom. The molecule has 2 saturated heterocycles. The summed E-state index contributed by atoms with van der Waals surface area (Å²) >= 11 is 0. The number of likely N-dealkylation sites (tertiary alicyclic amines) is 1. The van der Waals surface area contributed by atoms with Crippen LogP contribution in [0.4, 0.5) is 0 Å². The van der Waals surface area contributed by atoms with E-state index in [1.54, 1.807) is 0 Å². The molecule has 100 valence electrons. The summed E-state index contributed by atoms with van der Waals surface area (Å²) in [6, 6.07) is 0. The van der Waals surface area contributed by atoms with Crippen molar-refractivity contribution in [3.63, 3.8) is 0 Å². The topological polar surface area (TPSA) is 44.5 Å². The molecule has 2 aliphatic heterocycles. The lowest BCUT2D eigenvalue weighted by atomic mass is 9.88. The van der Waals surface area contributed by atoms with Crippen LogP contribution >= 0.6 is 0 Å². The zero-order valence-corrected chi connectivity index (χ0v) is 11.2. The summed E-state index contributed by atoms with van der Waals surface area (Å²) in [6.45, 7) is 8.94. The molecule has 0 bridgehead atoms. The minimum atomic E-state index is 0.170. The molecule has 0 aromatic carbocycles. The first-order valence-electron chi connectivity index (χ1n) is 7.23.